The Kier molecular flexibility index (Phi) is 2.66. The van der Waals surface area contributed by atoms with Crippen LogP contribution in [-0.2, 0) is 0 Å². The normalized spacial score (nSPS) is 27.0. The van der Waals surface area contributed by atoms with Crippen LogP contribution in [0.25, 0.3) is 0 Å². The minimum Gasteiger partial charge on any atom is -0.300 e. The fourth-order valence-electron chi connectivity index (χ4n) is 1.52. The van der Waals surface area contributed by atoms with Crippen molar-refractivity contribution in [1.29, 1.82) is 0 Å². The van der Waals surface area contributed by atoms with E-state index in [1.807, 2.05) is 18.7 Å². The van der Waals surface area contributed by atoms with Crippen LogP contribution in [0, 0.1) is 5.92 Å². The van der Waals surface area contributed by atoms with Gasteiger partial charge in [0.2, 0.25) is 0 Å². The molecule has 0 aromatic heterocycles. The summed E-state index contributed by atoms with van der Waals surface area (Å²) in [6.45, 7) is 4.63. The monoisotopic (exact) mass is 181 g/mol. The van der Waals surface area contributed by atoms with Gasteiger partial charge in [0.15, 0.2) is 0 Å². The lowest BCUT2D eigenvalue weighted by molar-refractivity contribution is -0.170. The van der Waals surface area contributed by atoms with E-state index in [4.69, 9.17) is 0 Å². The largest absolute Gasteiger partial charge is 0.393 e. The van der Waals surface area contributed by atoms with Gasteiger partial charge < -0.3 is 4.90 Å². The molecule has 1 atom stereocenters. The minimum absolute atomic E-state index is 0.182. The number of halogens is 3. The Balaban J connectivity index is 2.46. The summed E-state index contributed by atoms with van der Waals surface area (Å²) in [4.78, 5) is 1.87. The van der Waals surface area contributed by atoms with Crippen molar-refractivity contribution in [3.63, 3.8) is 0 Å². The molecule has 1 heterocycles. The first-order valence-electron chi connectivity index (χ1n) is 4.22. The van der Waals surface area contributed by atoms with E-state index in [1.54, 1.807) is 0 Å². The summed E-state index contributed by atoms with van der Waals surface area (Å²) in [6, 6.07) is 0.234. The summed E-state index contributed by atoms with van der Waals surface area (Å²) in [5.41, 5.74) is 0. The first-order valence-corrected chi connectivity index (χ1v) is 4.22. The van der Waals surface area contributed by atoms with Crippen molar-refractivity contribution in [3.05, 3.63) is 0 Å². The highest BCUT2D eigenvalue weighted by molar-refractivity contribution is 4.81. The second-order valence-corrected chi connectivity index (χ2v) is 3.62. The van der Waals surface area contributed by atoms with Crippen LogP contribution in [0.5, 0.6) is 0 Å². The second-order valence-electron chi connectivity index (χ2n) is 3.62. The number of hydrogen-bond donors (Lipinski definition) is 0. The number of alkyl halides is 3. The molecule has 0 bridgehead atoms. The van der Waals surface area contributed by atoms with E-state index in [1.165, 1.54) is 0 Å². The molecule has 0 N–H and O–H groups in total. The molecule has 1 aliphatic heterocycles. The van der Waals surface area contributed by atoms with Crippen LogP contribution in [0.4, 0.5) is 13.2 Å². The summed E-state index contributed by atoms with van der Waals surface area (Å²) >= 11 is 0. The Labute approximate surface area is 70.5 Å². The van der Waals surface area contributed by atoms with Gasteiger partial charge in [-0.25, -0.2) is 0 Å². The van der Waals surface area contributed by atoms with Gasteiger partial charge >= 0.3 is 6.18 Å². The van der Waals surface area contributed by atoms with E-state index in [9.17, 15) is 13.2 Å². The van der Waals surface area contributed by atoms with E-state index >= 15 is 0 Å². The summed E-state index contributed by atoms with van der Waals surface area (Å²) in [5.74, 6) is -1.10. The zero-order chi connectivity index (χ0) is 9.35. The lowest BCUT2D eigenvalue weighted by atomic mass is 10.1. The Morgan fingerprint density at radius 2 is 1.92 bits per heavy atom. The molecule has 12 heavy (non-hydrogen) atoms. The SMILES string of the molecule is CC(C)N1CCC(C(F)(F)F)C1. The summed E-state index contributed by atoms with van der Waals surface area (Å²) < 4.78 is 36.5. The van der Waals surface area contributed by atoms with Crippen molar-refractivity contribution in [1.82, 2.24) is 4.90 Å². The molecule has 72 valence electrons. The van der Waals surface area contributed by atoms with Crippen molar-refractivity contribution < 1.29 is 13.2 Å². The molecule has 0 aromatic rings. The van der Waals surface area contributed by atoms with Crippen LogP contribution in [0.15, 0.2) is 0 Å². The second kappa shape index (κ2) is 3.24. The van der Waals surface area contributed by atoms with Crippen molar-refractivity contribution in [2.75, 3.05) is 13.1 Å². The van der Waals surface area contributed by atoms with Crippen molar-refractivity contribution in [3.8, 4) is 0 Å². The molecule has 0 amide bonds. The van der Waals surface area contributed by atoms with Gasteiger partial charge in [0.05, 0.1) is 5.92 Å². The smallest absolute Gasteiger partial charge is 0.300 e. The molecular formula is C8H14F3N. The Morgan fingerprint density at radius 1 is 1.33 bits per heavy atom. The molecule has 0 aliphatic carbocycles. The van der Waals surface area contributed by atoms with Crippen LogP contribution >= 0.6 is 0 Å². The standard InChI is InChI=1S/C8H14F3N/c1-6(2)12-4-3-7(5-12)8(9,10)11/h6-7H,3-5H2,1-2H3. The van der Waals surface area contributed by atoms with Gasteiger partial charge in [-0.15, -0.1) is 0 Å². The average Bonchev–Trinajstić information content (AvgIpc) is 2.30. The molecule has 0 radical (unpaired) electrons. The van der Waals surface area contributed by atoms with Gasteiger partial charge in [-0.3, -0.25) is 0 Å². The average molecular weight is 181 g/mol. The molecule has 0 saturated carbocycles. The molecule has 0 spiro atoms. The van der Waals surface area contributed by atoms with E-state index < -0.39 is 12.1 Å². The fourth-order valence-corrected chi connectivity index (χ4v) is 1.52. The third kappa shape index (κ3) is 2.12. The highest BCUT2D eigenvalue weighted by Crippen LogP contribution is 2.33. The Hall–Kier alpha value is -0.250. The highest BCUT2D eigenvalue weighted by Gasteiger charge is 2.43. The predicted octanol–water partition coefficient (Wildman–Crippen LogP) is 2.28. The topological polar surface area (TPSA) is 3.24 Å². The van der Waals surface area contributed by atoms with Crippen LogP contribution < -0.4 is 0 Å². The lowest BCUT2D eigenvalue weighted by Crippen LogP contribution is -2.31. The van der Waals surface area contributed by atoms with E-state index in [0.29, 0.717) is 6.54 Å². The van der Waals surface area contributed by atoms with Gasteiger partial charge in [-0.1, -0.05) is 0 Å². The van der Waals surface area contributed by atoms with Crippen LogP contribution in [0.2, 0.25) is 0 Å². The Bertz CT molecular complexity index is 153. The van der Waals surface area contributed by atoms with E-state index in [-0.39, 0.29) is 19.0 Å². The quantitative estimate of drug-likeness (QED) is 0.599. The molecule has 1 unspecified atom stereocenters. The van der Waals surface area contributed by atoms with Crippen LogP contribution in [0.3, 0.4) is 0 Å². The maximum absolute atomic E-state index is 12.2. The van der Waals surface area contributed by atoms with Gasteiger partial charge in [0.25, 0.3) is 0 Å². The summed E-state index contributed by atoms with van der Waals surface area (Å²) in [7, 11) is 0. The highest BCUT2D eigenvalue weighted by atomic mass is 19.4. The summed E-state index contributed by atoms with van der Waals surface area (Å²) in [6.07, 6.45) is -3.73. The van der Waals surface area contributed by atoms with Gasteiger partial charge in [0.1, 0.15) is 0 Å². The van der Waals surface area contributed by atoms with Crippen molar-refractivity contribution in [2.45, 2.75) is 32.5 Å². The lowest BCUT2D eigenvalue weighted by Gasteiger charge is -2.20. The molecule has 4 heteroatoms. The number of likely N-dealkylation sites (tertiary alicyclic amines) is 1. The predicted molar refractivity (Wildman–Crippen MR) is 40.9 cm³/mol. The summed E-state index contributed by atoms with van der Waals surface area (Å²) in [5, 5.41) is 0. The van der Waals surface area contributed by atoms with E-state index in [2.05, 4.69) is 0 Å². The number of rotatable bonds is 1. The third-order valence-electron chi connectivity index (χ3n) is 2.41. The molecular weight excluding hydrogens is 167 g/mol. The first-order chi connectivity index (χ1) is 5.41. The minimum atomic E-state index is -4.00. The molecule has 1 aliphatic rings. The number of hydrogen-bond acceptors (Lipinski definition) is 1. The maximum Gasteiger partial charge on any atom is 0.393 e. The molecule has 0 aromatic carbocycles. The van der Waals surface area contributed by atoms with Gasteiger partial charge in [-0.2, -0.15) is 13.2 Å². The van der Waals surface area contributed by atoms with Crippen LogP contribution in [0.1, 0.15) is 20.3 Å². The van der Waals surface area contributed by atoms with Crippen molar-refractivity contribution in [2.24, 2.45) is 5.92 Å². The fraction of sp³-hybridized carbons (Fsp3) is 1.00. The Morgan fingerprint density at radius 3 is 2.17 bits per heavy atom. The molecule has 1 fully saturated rings. The maximum atomic E-state index is 12.2. The van der Waals surface area contributed by atoms with E-state index in [0.717, 1.165) is 0 Å². The third-order valence-corrected chi connectivity index (χ3v) is 2.41. The zero-order valence-electron chi connectivity index (χ0n) is 7.36. The van der Waals surface area contributed by atoms with Crippen LogP contribution in [-0.4, -0.2) is 30.2 Å². The van der Waals surface area contributed by atoms with Crippen molar-refractivity contribution >= 4 is 0 Å². The van der Waals surface area contributed by atoms with Gasteiger partial charge in [0, 0.05) is 12.6 Å². The molecule has 1 saturated heterocycles. The molecule has 1 rings (SSSR count). The first kappa shape index (κ1) is 9.84. The number of nitrogens with zero attached hydrogens (tertiary/aromatic N) is 1. The molecule has 1 nitrogen and oxygen atoms in total. The zero-order valence-corrected chi connectivity index (χ0v) is 7.36. The van der Waals surface area contributed by atoms with Gasteiger partial charge in [-0.05, 0) is 26.8 Å².